The number of hydrogen-bond acceptors (Lipinski definition) is 2. The second kappa shape index (κ2) is 7.22. The fourth-order valence-corrected chi connectivity index (χ4v) is 2.84. The molecule has 2 N–H and O–H groups in total. The van der Waals surface area contributed by atoms with Crippen LogP contribution in [0.2, 0.25) is 0 Å². The Morgan fingerprint density at radius 1 is 1.21 bits per heavy atom. The van der Waals surface area contributed by atoms with Crippen LogP contribution in [0, 0.1) is 11.7 Å². The normalized spacial score (nSPS) is 20.6. The van der Waals surface area contributed by atoms with E-state index in [9.17, 15) is 4.39 Å². The number of halogens is 2. The summed E-state index contributed by atoms with van der Waals surface area (Å²) in [6.07, 6.45) is 2.24. The van der Waals surface area contributed by atoms with Crippen LogP contribution in [-0.2, 0) is 0 Å². The van der Waals surface area contributed by atoms with Gasteiger partial charge in [-0.25, -0.2) is 4.39 Å². The minimum Gasteiger partial charge on any atom is -0.328 e. The van der Waals surface area contributed by atoms with Crippen LogP contribution in [0.4, 0.5) is 4.39 Å². The summed E-state index contributed by atoms with van der Waals surface area (Å²) in [5.74, 6) is 0.522. The lowest BCUT2D eigenvalue weighted by molar-refractivity contribution is 0.130. The highest BCUT2D eigenvalue weighted by Gasteiger charge is 2.26. The summed E-state index contributed by atoms with van der Waals surface area (Å²) in [5, 5.41) is 0. The highest BCUT2D eigenvalue weighted by Crippen LogP contribution is 2.28. The first-order chi connectivity index (χ1) is 8.59. The second-order valence-corrected chi connectivity index (χ2v) is 5.43. The van der Waals surface area contributed by atoms with Gasteiger partial charge in [-0.3, -0.25) is 4.90 Å². The van der Waals surface area contributed by atoms with Crippen molar-refractivity contribution in [3.63, 3.8) is 0 Å². The van der Waals surface area contributed by atoms with Crippen LogP contribution in [0.5, 0.6) is 0 Å². The monoisotopic (exact) mass is 286 g/mol. The minimum absolute atomic E-state index is 0. The van der Waals surface area contributed by atoms with Crippen molar-refractivity contribution in [2.24, 2.45) is 11.7 Å². The van der Waals surface area contributed by atoms with Crippen molar-refractivity contribution in [3.8, 4) is 0 Å². The summed E-state index contributed by atoms with van der Waals surface area (Å²) in [7, 11) is 0. The molecule has 2 rings (SSSR count). The lowest BCUT2D eigenvalue weighted by Crippen LogP contribution is -2.40. The molecule has 1 aromatic rings. The molecule has 0 aliphatic carbocycles. The van der Waals surface area contributed by atoms with Gasteiger partial charge in [0, 0.05) is 17.6 Å². The van der Waals surface area contributed by atoms with E-state index in [2.05, 4.69) is 18.7 Å². The molecule has 1 fully saturated rings. The summed E-state index contributed by atoms with van der Waals surface area (Å²) < 4.78 is 13.8. The van der Waals surface area contributed by atoms with Crippen molar-refractivity contribution in [1.29, 1.82) is 0 Å². The van der Waals surface area contributed by atoms with Gasteiger partial charge in [0.15, 0.2) is 0 Å². The molecule has 2 atom stereocenters. The minimum atomic E-state index is -0.0979. The Morgan fingerprint density at radius 2 is 1.79 bits per heavy atom. The van der Waals surface area contributed by atoms with Gasteiger partial charge in [0.05, 0.1) is 0 Å². The Morgan fingerprint density at radius 3 is 2.32 bits per heavy atom. The van der Waals surface area contributed by atoms with E-state index in [0.29, 0.717) is 5.92 Å². The maximum atomic E-state index is 13.8. The summed E-state index contributed by atoms with van der Waals surface area (Å²) >= 11 is 0. The number of rotatable bonds is 3. The van der Waals surface area contributed by atoms with Crippen LogP contribution in [0.1, 0.15) is 38.3 Å². The molecule has 0 saturated carbocycles. The Labute approximate surface area is 121 Å². The summed E-state index contributed by atoms with van der Waals surface area (Å²) in [5.41, 5.74) is 6.75. The first kappa shape index (κ1) is 16.4. The van der Waals surface area contributed by atoms with Crippen LogP contribution in [-0.4, -0.2) is 24.0 Å². The molecule has 0 spiro atoms. The van der Waals surface area contributed by atoms with Gasteiger partial charge in [-0.1, -0.05) is 18.2 Å². The van der Waals surface area contributed by atoms with Crippen molar-refractivity contribution in [2.75, 3.05) is 13.1 Å². The SMILES string of the molecule is CC(N)C1CCN(C(C)c2ccccc2F)CC1.Cl. The standard InChI is InChI=1S/C15H23FN2.ClH/c1-11(17)13-7-9-18(10-8-13)12(2)14-5-3-4-6-15(14)16;/h3-6,11-13H,7-10,17H2,1-2H3;1H. The number of benzene rings is 1. The molecule has 0 amide bonds. The lowest BCUT2D eigenvalue weighted by Gasteiger charge is -2.37. The number of nitrogens with two attached hydrogens (primary N) is 1. The largest absolute Gasteiger partial charge is 0.328 e. The van der Waals surface area contributed by atoms with E-state index in [4.69, 9.17) is 5.73 Å². The molecule has 19 heavy (non-hydrogen) atoms. The van der Waals surface area contributed by atoms with Crippen LogP contribution in [0.15, 0.2) is 24.3 Å². The van der Waals surface area contributed by atoms with Gasteiger partial charge in [0.1, 0.15) is 5.82 Å². The average molecular weight is 287 g/mol. The molecular weight excluding hydrogens is 263 g/mol. The molecule has 1 heterocycles. The fourth-order valence-electron chi connectivity index (χ4n) is 2.84. The number of piperidine rings is 1. The average Bonchev–Trinajstić information content (AvgIpc) is 2.38. The third-order valence-corrected chi connectivity index (χ3v) is 4.22. The molecule has 1 aliphatic rings. The zero-order chi connectivity index (χ0) is 13.1. The summed E-state index contributed by atoms with van der Waals surface area (Å²) in [6, 6.07) is 7.51. The smallest absolute Gasteiger partial charge is 0.127 e. The van der Waals surface area contributed by atoms with Gasteiger partial charge in [0.25, 0.3) is 0 Å². The zero-order valence-corrected chi connectivity index (χ0v) is 12.5. The molecule has 108 valence electrons. The first-order valence-electron chi connectivity index (χ1n) is 6.83. The molecule has 4 heteroatoms. The molecule has 0 aromatic heterocycles. The highest BCUT2D eigenvalue weighted by molar-refractivity contribution is 5.85. The van der Waals surface area contributed by atoms with Gasteiger partial charge >= 0.3 is 0 Å². The Balaban J connectivity index is 0.00000180. The quantitative estimate of drug-likeness (QED) is 0.923. The maximum Gasteiger partial charge on any atom is 0.127 e. The van der Waals surface area contributed by atoms with Crippen LogP contribution < -0.4 is 5.73 Å². The highest BCUT2D eigenvalue weighted by atomic mass is 35.5. The molecular formula is C15H24ClFN2. The second-order valence-electron chi connectivity index (χ2n) is 5.43. The van der Waals surface area contributed by atoms with E-state index in [1.165, 1.54) is 0 Å². The molecule has 0 bridgehead atoms. The van der Waals surface area contributed by atoms with Gasteiger partial charge in [0.2, 0.25) is 0 Å². The predicted octanol–water partition coefficient (Wildman–Crippen LogP) is 3.37. The third-order valence-electron chi connectivity index (χ3n) is 4.22. The van der Waals surface area contributed by atoms with Gasteiger partial charge in [-0.15, -0.1) is 12.4 Å². The van der Waals surface area contributed by atoms with E-state index in [0.717, 1.165) is 31.5 Å². The third kappa shape index (κ3) is 3.91. The van der Waals surface area contributed by atoms with Crippen molar-refractivity contribution < 1.29 is 4.39 Å². The topological polar surface area (TPSA) is 29.3 Å². The Hall–Kier alpha value is -0.640. The van der Waals surface area contributed by atoms with Crippen LogP contribution in [0.25, 0.3) is 0 Å². The molecule has 1 aliphatic heterocycles. The number of likely N-dealkylation sites (tertiary alicyclic amines) is 1. The molecule has 0 radical (unpaired) electrons. The van der Waals surface area contributed by atoms with Crippen molar-refractivity contribution in [3.05, 3.63) is 35.6 Å². The van der Waals surface area contributed by atoms with E-state index in [1.54, 1.807) is 12.1 Å². The Kier molecular flexibility index (Phi) is 6.24. The lowest BCUT2D eigenvalue weighted by atomic mass is 9.89. The van der Waals surface area contributed by atoms with E-state index < -0.39 is 0 Å². The molecule has 2 nitrogen and oxygen atoms in total. The number of hydrogen-bond donors (Lipinski definition) is 1. The maximum absolute atomic E-state index is 13.8. The van der Waals surface area contributed by atoms with E-state index in [-0.39, 0.29) is 30.3 Å². The van der Waals surface area contributed by atoms with Crippen molar-refractivity contribution >= 4 is 12.4 Å². The Bertz CT molecular complexity index is 389. The number of nitrogens with zero attached hydrogens (tertiary/aromatic N) is 1. The summed E-state index contributed by atoms with van der Waals surface area (Å²) in [6.45, 7) is 6.20. The van der Waals surface area contributed by atoms with Gasteiger partial charge < -0.3 is 5.73 Å². The molecule has 1 saturated heterocycles. The first-order valence-corrected chi connectivity index (χ1v) is 6.83. The van der Waals surface area contributed by atoms with E-state index in [1.807, 2.05) is 12.1 Å². The predicted molar refractivity (Wildman–Crippen MR) is 80.0 cm³/mol. The van der Waals surface area contributed by atoms with Gasteiger partial charge in [-0.2, -0.15) is 0 Å². The van der Waals surface area contributed by atoms with E-state index >= 15 is 0 Å². The molecule has 1 aromatic carbocycles. The zero-order valence-electron chi connectivity index (χ0n) is 11.7. The van der Waals surface area contributed by atoms with Crippen molar-refractivity contribution in [1.82, 2.24) is 4.90 Å². The van der Waals surface area contributed by atoms with Crippen LogP contribution in [0.3, 0.4) is 0 Å². The van der Waals surface area contributed by atoms with Crippen LogP contribution >= 0.6 is 12.4 Å². The van der Waals surface area contributed by atoms with Gasteiger partial charge in [-0.05, 0) is 51.8 Å². The van der Waals surface area contributed by atoms with Crippen molar-refractivity contribution in [2.45, 2.75) is 38.8 Å². The summed E-state index contributed by atoms with van der Waals surface area (Å²) in [4.78, 5) is 2.36. The fraction of sp³-hybridized carbons (Fsp3) is 0.600. The molecule has 2 unspecified atom stereocenters.